The van der Waals surface area contributed by atoms with Crippen LogP contribution in [0.5, 0.6) is 0 Å². The van der Waals surface area contributed by atoms with E-state index in [-0.39, 0.29) is 5.41 Å². The summed E-state index contributed by atoms with van der Waals surface area (Å²) >= 11 is 1.76. The van der Waals surface area contributed by atoms with E-state index in [1.54, 1.807) is 11.8 Å². The molecule has 0 radical (unpaired) electrons. The summed E-state index contributed by atoms with van der Waals surface area (Å²) in [5, 5.41) is 9.57. The van der Waals surface area contributed by atoms with Gasteiger partial charge in [-0.05, 0) is 48.8 Å². The topological polar surface area (TPSA) is 63.3 Å². The van der Waals surface area contributed by atoms with E-state index in [9.17, 15) is 9.90 Å². The number of hydrogen-bond acceptors (Lipinski definition) is 3. The third kappa shape index (κ3) is 4.01. The fraction of sp³-hybridized carbons (Fsp3) is 0.588. The molecule has 0 heterocycles. The molecule has 1 aromatic rings. The predicted molar refractivity (Wildman–Crippen MR) is 87.8 cm³/mol. The molecule has 0 bridgehead atoms. The first-order valence-corrected chi connectivity index (χ1v) is 8.38. The Labute approximate surface area is 131 Å². The molecular formula is C17H25NO2S. The average molecular weight is 307 g/mol. The van der Waals surface area contributed by atoms with E-state index >= 15 is 0 Å². The fourth-order valence-corrected chi connectivity index (χ4v) is 4.12. The third-order valence-corrected chi connectivity index (χ3v) is 5.47. The molecule has 21 heavy (non-hydrogen) atoms. The zero-order valence-electron chi connectivity index (χ0n) is 13.1. The average Bonchev–Trinajstić information content (AvgIpc) is 2.38. The highest BCUT2D eigenvalue weighted by Gasteiger charge is 2.39. The molecule has 2 unspecified atom stereocenters. The van der Waals surface area contributed by atoms with Crippen molar-refractivity contribution in [3.63, 3.8) is 0 Å². The van der Waals surface area contributed by atoms with Crippen LogP contribution in [0.15, 0.2) is 29.2 Å². The maximum absolute atomic E-state index is 11.3. The lowest BCUT2D eigenvalue weighted by atomic mass is 9.82. The molecule has 1 aliphatic rings. The van der Waals surface area contributed by atoms with Crippen molar-refractivity contribution in [2.24, 2.45) is 5.73 Å². The van der Waals surface area contributed by atoms with Crippen molar-refractivity contribution >= 4 is 17.7 Å². The van der Waals surface area contributed by atoms with Crippen molar-refractivity contribution in [3.05, 3.63) is 29.8 Å². The third-order valence-electron chi connectivity index (χ3n) is 4.19. The molecule has 3 N–H and O–H groups in total. The monoisotopic (exact) mass is 307 g/mol. The van der Waals surface area contributed by atoms with Crippen molar-refractivity contribution in [2.45, 2.75) is 67.6 Å². The second-order valence-electron chi connectivity index (χ2n) is 7.07. The van der Waals surface area contributed by atoms with Gasteiger partial charge >= 0.3 is 5.97 Å². The zero-order chi connectivity index (χ0) is 15.7. The van der Waals surface area contributed by atoms with Gasteiger partial charge in [-0.3, -0.25) is 4.79 Å². The minimum Gasteiger partial charge on any atom is -0.480 e. The van der Waals surface area contributed by atoms with Crippen LogP contribution in [0, 0.1) is 0 Å². The van der Waals surface area contributed by atoms with E-state index < -0.39 is 11.5 Å². The molecule has 2 atom stereocenters. The molecule has 0 aromatic heterocycles. The van der Waals surface area contributed by atoms with E-state index in [0.717, 1.165) is 12.8 Å². The first-order chi connectivity index (χ1) is 9.71. The van der Waals surface area contributed by atoms with Gasteiger partial charge in [0, 0.05) is 10.1 Å². The smallest absolute Gasteiger partial charge is 0.323 e. The quantitative estimate of drug-likeness (QED) is 0.891. The molecule has 1 saturated carbocycles. The lowest BCUT2D eigenvalue weighted by Crippen LogP contribution is -2.51. The molecule has 1 aromatic carbocycles. The van der Waals surface area contributed by atoms with Gasteiger partial charge in [-0.15, -0.1) is 11.8 Å². The number of rotatable bonds is 3. The van der Waals surface area contributed by atoms with E-state index in [0.29, 0.717) is 18.1 Å². The normalized spacial score (nSPS) is 26.6. The lowest BCUT2D eigenvalue weighted by Gasteiger charge is -2.34. The minimum atomic E-state index is -1.04. The molecule has 0 saturated heterocycles. The maximum Gasteiger partial charge on any atom is 0.323 e. The number of thioether (sulfide) groups is 1. The van der Waals surface area contributed by atoms with Crippen LogP contribution < -0.4 is 5.73 Å². The number of benzene rings is 1. The Kier molecular flexibility index (Phi) is 4.69. The maximum atomic E-state index is 11.3. The summed E-state index contributed by atoms with van der Waals surface area (Å²) in [7, 11) is 0. The number of aliphatic carboxylic acids is 1. The van der Waals surface area contributed by atoms with Crippen LogP contribution in [-0.2, 0) is 10.2 Å². The van der Waals surface area contributed by atoms with Crippen molar-refractivity contribution in [3.8, 4) is 0 Å². The van der Waals surface area contributed by atoms with Gasteiger partial charge < -0.3 is 10.8 Å². The Morgan fingerprint density at radius 2 is 1.95 bits per heavy atom. The Morgan fingerprint density at radius 3 is 2.48 bits per heavy atom. The number of nitrogens with two attached hydrogens (primary N) is 1. The highest BCUT2D eigenvalue weighted by molar-refractivity contribution is 8.00. The SMILES string of the molecule is CC(C)(C)c1ccc(SC2CCCC(N)(C(=O)O)C2)cc1. The number of carbonyl (C=O) groups is 1. The van der Waals surface area contributed by atoms with Crippen molar-refractivity contribution in [1.82, 2.24) is 0 Å². The van der Waals surface area contributed by atoms with Gasteiger partial charge in [0.15, 0.2) is 0 Å². The van der Waals surface area contributed by atoms with Gasteiger partial charge in [-0.2, -0.15) is 0 Å². The number of carboxylic acid groups (broad SMARTS) is 1. The van der Waals surface area contributed by atoms with Crippen LogP contribution in [0.1, 0.15) is 52.0 Å². The molecule has 2 rings (SSSR count). The van der Waals surface area contributed by atoms with Gasteiger partial charge in [0.05, 0.1) is 0 Å². The number of hydrogen-bond donors (Lipinski definition) is 2. The molecule has 0 aliphatic heterocycles. The van der Waals surface area contributed by atoms with Crippen molar-refractivity contribution in [2.75, 3.05) is 0 Å². The Balaban J connectivity index is 2.03. The standard InChI is InChI=1S/C17H25NO2S/c1-16(2,3)12-6-8-13(9-7-12)21-14-5-4-10-17(18,11-14)15(19)20/h6-9,14H,4-5,10-11,18H2,1-3H3,(H,19,20). The van der Waals surface area contributed by atoms with Gasteiger partial charge in [-0.1, -0.05) is 32.9 Å². The molecule has 3 nitrogen and oxygen atoms in total. The van der Waals surface area contributed by atoms with Gasteiger partial charge in [0.25, 0.3) is 0 Å². The summed E-state index contributed by atoms with van der Waals surface area (Å²) in [6.07, 6.45) is 3.06. The summed E-state index contributed by atoms with van der Waals surface area (Å²) in [6.45, 7) is 6.60. The molecular weight excluding hydrogens is 282 g/mol. The largest absolute Gasteiger partial charge is 0.480 e. The minimum absolute atomic E-state index is 0.157. The molecule has 0 spiro atoms. The first-order valence-electron chi connectivity index (χ1n) is 7.50. The second kappa shape index (κ2) is 6.01. The summed E-state index contributed by atoms with van der Waals surface area (Å²) in [5.41, 5.74) is 6.44. The molecule has 1 fully saturated rings. The molecule has 0 amide bonds. The highest BCUT2D eigenvalue weighted by atomic mass is 32.2. The summed E-state index contributed by atoms with van der Waals surface area (Å²) in [6, 6.07) is 8.60. The van der Waals surface area contributed by atoms with Crippen LogP contribution in [0.4, 0.5) is 0 Å². The fourth-order valence-electron chi connectivity index (χ4n) is 2.78. The molecule has 4 heteroatoms. The summed E-state index contributed by atoms with van der Waals surface area (Å²) in [5.74, 6) is -0.865. The lowest BCUT2D eigenvalue weighted by molar-refractivity contribution is -0.144. The van der Waals surface area contributed by atoms with Crippen LogP contribution in [0.3, 0.4) is 0 Å². The van der Waals surface area contributed by atoms with Gasteiger partial charge in [0.1, 0.15) is 5.54 Å². The Hall–Kier alpha value is -1.00. The van der Waals surface area contributed by atoms with Crippen molar-refractivity contribution < 1.29 is 9.90 Å². The van der Waals surface area contributed by atoms with Crippen LogP contribution in [0.25, 0.3) is 0 Å². The van der Waals surface area contributed by atoms with Crippen LogP contribution in [-0.4, -0.2) is 21.9 Å². The molecule has 1 aliphatic carbocycles. The number of carboxylic acids is 1. The zero-order valence-corrected chi connectivity index (χ0v) is 13.9. The predicted octanol–water partition coefficient (Wildman–Crippen LogP) is 3.80. The van der Waals surface area contributed by atoms with E-state index in [1.165, 1.54) is 10.5 Å². The van der Waals surface area contributed by atoms with Crippen LogP contribution >= 0.6 is 11.8 Å². The van der Waals surface area contributed by atoms with Gasteiger partial charge in [0.2, 0.25) is 0 Å². The van der Waals surface area contributed by atoms with Gasteiger partial charge in [-0.25, -0.2) is 0 Å². The van der Waals surface area contributed by atoms with E-state index in [2.05, 4.69) is 45.0 Å². The Morgan fingerprint density at radius 1 is 1.33 bits per heavy atom. The summed E-state index contributed by atoms with van der Waals surface area (Å²) in [4.78, 5) is 12.5. The Bertz CT molecular complexity index is 507. The second-order valence-corrected chi connectivity index (χ2v) is 8.45. The molecule has 116 valence electrons. The first kappa shape index (κ1) is 16.4. The van der Waals surface area contributed by atoms with Crippen molar-refractivity contribution in [1.29, 1.82) is 0 Å². The van der Waals surface area contributed by atoms with Crippen LogP contribution in [0.2, 0.25) is 0 Å². The van der Waals surface area contributed by atoms with E-state index in [4.69, 9.17) is 5.73 Å². The highest BCUT2D eigenvalue weighted by Crippen LogP contribution is 2.38. The van der Waals surface area contributed by atoms with E-state index in [1.807, 2.05) is 0 Å². The summed E-state index contributed by atoms with van der Waals surface area (Å²) < 4.78 is 0.